The SMILES string of the molecule is CCOC(=O)C1=C(C)N=c2s/c(=C\c3ccc(Sc4nc5ccc(N6C(=O)c7ccccc7C6=O)cc5s4)o3)c(=O)n2[C@H]1c1ccc(Cl)cc1. The Bertz CT molecular complexity index is 2580. The van der Waals surface area contributed by atoms with Gasteiger partial charge in [-0.05, 0) is 85.8 Å². The van der Waals surface area contributed by atoms with Gasteiger partial charge in [-0.1, -0.05) is 47.2 Å². The van der Waals surface area contributed by atoms with Crippen molar-refractivity contribution in [3.05, 3.63) is 137 Å². The molecule has 8 rings (SSSR count). The van der Waals surface area contributed by atoms with Crippen molar-refractivity contribution >= 4 is 85.8 Å². The molecule has 3 aromatic carbocycles. The molecule has 0 spiro atoms. The Labute approximate surface area is 300 Å². The summed E-state index contributed by atoms with van der Waals surface area (Å²) in [5, 5.41) is 1.09. The van der Waals surface area contributed by atoms with Gasteiger partial charge >= 0.3 is 5.97 Å². The molecule has 6 aromatic rings. The number of benzene rings is 3. The number of carbonyl (C=O) groups is 3. The number of allylic oxidation sites excluding steroid dienone is 1. The first kappa shape index (κ1) is 32.1. The van der Waals surface area contributed by atoms with Gasteiger partial charge in [-0.2, -0.15) is 0 Å². The Morgan fingerprint density at radius 2 is 1.74 bits per heavy atom. The predicted octanol–water partition coefficient (Wildman–Crippen LogP) is 6.61. The lowest BCUT2D eigenvalue weighted by Crippen LogP contribution is -2.39. The maximum absolute atomic E-state index is 13.9. The molecule has 5 heterocycles. The number of halogens is 1. The zero-order valence-corrected chi connectivity index (χ0v) is 29.4. The first-order chi connectivity index (χ1) is 24.2. The van der Waals surface area contributed by atoms with E-state index in [1.807, 2.05) is 0 Å². The summed E-state index contributed by atoms with van der Waals surface area (Å²) in [5.41, 5.74) is 3.11. The van der Waals surface area contributed by atoms with Crippen molar-refractivity contribution < 1.29 is 23.5 Å². The number of amides is 2. The lowest BCUT2D eigenvalue weighted by atomic mass is 9.96. The normalized spacial score (nSPS) is 15.9. The van der Waals surface area contributed by atoms with E-state index in [0.29, 0.717) is 57.6 Å². The Balaban J connectivity index is 1.08. The first-order valence-electron chi connectivity index (χ1n) is 15.3. The number of aromatic nitrogens is 2. The molecule has 2 aliphatic heterocycles. The van der Waals surface area contributed by atoms with Gasteiger partial charge in [-0.3, -0.25) is 19.0 Å². The average Bonchev–Trinajstić information content (AvgIpc) is 3.85. The largest absolute Gasteiger partial charge is 0.463 e. The number of carbonyl (C=O) groups excluding carboxylic acids is 3. The average molecular weight is 739 g/mol. The van der Waals surface area contributed by atoms with Crippen LogP contribution in [0.3, 0.4) is 0 Å². The number of hydrogen-bond donors (Lipinski definition) is 0. The van der Waals surface area contributed by atoms with Gasteiger partial charge < -0.3 is 9.15 Å². The number of nitrogens with zero attached hydrogens (tertiary/aromatic N) is 4. The molecule has 1 atom stereocenters. The number of thiazole rings is 2. The number of rotatable bonds is 7. The van der Waals surface area contributed by atoms with Crippen molar-refractivity contribution in [3.8, 4) is 0 Å². The minimum atomic E-state index is -0.746. The summed E-state index contributed by atoms with van der Waals surface area (Å²) in [7, 11) is 0. The predicted molar refractivity (Wildman–Crippen MR) is 192 cm³/mol. The standard InChI is InChI=1S/C36H23ClN4O6S3/c1-3-46-34(45)29-18(2)38-35-41(30(29)19-8-10-20(37)11-9-19)33(44)27(48-35)17-22-13-15-28(47-22)50-36-39-25-14-12-21(16-26(25)49-36)40-31(42)23-6-4-5-7-24(23)32(40)43/h4-17,30H,3H2,1-2H3/b27-17-/t30-/m0/s1. The third-order valence-corrected chi connectivity index (χ3v) is 11.4. The van der Waals surface area contributed by atoms with Gasteiger partial charge in [0.15, 0.2) is 14.2 Å². The molecule has 0 bridgehead atoms. The fraction of sp³-hybridized carbons (Fsp3) is 0.111. The molecule has 3 aromatic heterocycles. The summed E-state index contributed by atoms with van der Waals surface area (Å²) in [6.07, 6.45) is 1.66. The summed E-state index contributed by atoms with van der Waals surface area (Å²) in [4.78, 5) is 63.9. The van der Waals surface area contributed by atoms with Crippen LogP contribution in [0.25, 0.3) is 16.3 Å². The second kappa shape index (κ2) is 12.7. The minimum Gasteiger partial charge on any atom is -0.463 e. The van der Waals surface area contributed by atoms with Gasteiger partial charge in [0, 0.05) is 11.1 Å². The molecule has 2 aliphatic rings. The van der Waals surface area contributed by atoms with E-state index in [0.717, 1.165) is 10.2 Å². The monoisotopic (exact) mass is 738 g/mol. The van der Waals surface area contributed by atoms with Crippen LogP contribution in [0, 0.1) is 0 Å². The highest BCUT2D eigenvalue weighted by Gasteiger charge is 2.37. The fourth-order valence-corrected chi connectivity index (χ4v) is 9.09. The number of furan rings is 1. The van der Waals surface area contributed by atoms with E-state index < -0.39 is 12.0 Å². The third-order valence-electron chi connectivity index (χ3n) is 8.17. The van der Waals surface area contributed by atoms with E-state index in [1.54, 1.807) is 98.8 Å². The summed E-state index contributed by atoms with van der Waals surface area (Å²) in [5.74, 6) is -0.786. The molecule has 0 saturated carbocycles. The van der Waals surface area contributed by atoms with Crippen LogP contribution in [0.2, 0.25) is 5.02 Å². The van der Waals surface area contributed by atoms with Gasteiger partial charge in [-0.25, -0.2) is 19.7 Å². The highest BCUT2D eigenvalue weighted by Crippen LogP contribution is 2.38. The van der Waals surface area contributed by atoms with Gasteiger partial charge in [0.25, 0.3) is 17.4 Å². The van der Waals surface area contributed by atoms with Crippen molar-refractivity contribution in [2.24, 2.45) is 4.99 Å². The number of esters is 1. The van der Waals surface area contributed by atoms with Gasteiger partial charge in [0.05, 0.1) is 55.5 Å². The van der Waals surface area contributed by atoms with Crippen LogP contribution < -0.4 is 19.8 Å². The Morgan fingerprint density at radius 1 is 1.00 bits per heavy atom. The molecule has 14 heteroatoms. The quantitative estimate of drug-likeness (QED) is 0.133. The van der Waals surface area contributed by atoms with E-state index in [1.165, 1.54) is 43.9 Å². The second-order valence-corrected chi connectivity index (χ2v) is 15.0. The molecule has 2 amide bonds. The summed E-state index contributed by atoms with van der Waals surface area (Å²) < 4.78 is 14.8. The molecule has 10 nitrogen and oxygen atoms in total. The molecule has 248 valence electrons. The van der Waals surface area contributed by atoms with Crippen LogP contribution in [-0.4, -0.2) is 33.9 Å². The molecule has 0 N–H and O–H groups in total. The maximum Gasteiger partial charge on any atom is 0.338 e. The molecule has 50 heavy (non-hydrogen) atoms. The summed E-state index contributed by atoms with van der Waals surface area (Å²) >= 11 is 10.1. The zero-order valence-electron chi connectivity index (χ0n) is 26.2. The maximum atomic E-state index is 13.9. The van der Waals surface area contributed by atoms with Crippen molar-refractivity contribution in [3.63, 3.8) is 0 Å². The zero-order chi connectivity index (χ0) is 34.7. The lowest BCUT2D eigenvalue weighted by Gasteiger charge is -2.24. The molecular formula is C36H23ClN4O6S3. The van der Waals surface area contributed by atoms with Crippen LogP contribution in [0.1, 0.15) is 51.9 Å². The molecular weight excluding hydrogens is 716 g/mol. The number of fused-ring (bicyclic) bond motifs is 3. The Kier molecular flexibility index (Phi) is 8.14. The molecule has 0 saturated heterocycles. The van der Waals surface area contributed by atoms with Gasteiger partial charge in [-0.15, -0.1) is 11.3 Å². The smallest absolute Gasteiger partial charge is 0.338 e. The van der Waals surface area contributed by atoms with Crippen molar-refractivity contribution in [2.75, 3.05) is 11.5 Å². The number of hydrogen-bond acceptors (Lipinski definition) is 11. The van der Waals surface area contributed by atoms with E-state index in [-0.39, 0.29) is 29.6 Å². The summed E-state index contributed by atoms with van der Waals surface area (Å²) in [6.45, 7) is 3.64. The third kappa shape index (κ3) is 5.52. The van der Waals surface area contributed by atoms with E-state index in [4.69, 9.17) is 25.7 Å². The van der Waals surface area contributed by atoms with Crippen LogP contribution in [0.5, 0.6) is 0 Å². The molecule has 0 unspecified atom stereocenters. The number of anilines is 1. The number of ether oxygens (including phenoxy) is 1. The molecule has 0 radical (unpaired) electrons. The first-order valence-corrected chi connectivity index (χ1v) is 18.1. The van der Waals surface area contributed by atoms with Crippen molar-refractivity contribution in [1.82, 2.24) is 9.55 Å². The number of imide groups is 1. The van der Waals surface area contributed by atoms with Crippen LogP contribution >= 0.6 is 46.0 Å². The van der Waals surface area contributed by atoms with Crippen LogP contribution in [0.4, 0.5) is 5.69 Å². The fourth-order valence-electron chi connectivity index (χ4n) is 5.93. The second-order valence-electron chi connectivity index (χ2n) is 11.2. The molecule has 0 aliphatic carbocycles. The topological polar surface area (TPSA) is 124 Å². The van der Waals surface area contributed by atoms with E-state index in [9.17, 15) is 19.2 Å². The Hall–Kier alpha value is -5.08. The van der Waals surface area contributed by atoms with Crippen molar-refractivity contribution in [1.29, 1.82) is 0 Å². The highest BCUT2D eigenvalue weighted by molar-refractivity contribution is 8.01. The highest BCUT2D eigenvalue weighted by atomic mass is 35.5. The summed E-state index contributed by atoms with van der Waals surface area (Å²) in [6, 6.07) is 21.9. The van der Waals surface area contributed by atoms with Crippen LogP contribution in [-0.2, 0) is 9.53 Å². The van der Waals surface area contributed by atoms with Crippen molar-refractivity contribution in [2.45, 2.75) is 29.3 Å². The minimum absolute atomic E-state index is 0.181. The lowest BCUT2D eigenvalue weighted by molar-refractivity contribution is -0.139. The van der Waals surface area contributed by atoms with E-state index in [2.05, 4.69) is 4.99 Å². The molecule has 0 fully saturated rings. The van der Waals surface area contributed by atoms with Gasteiger partial charge in [0.1, 0.15) is 5.76 Å². The van der Waals surface area contributed by atoms with Gasteiger partial charge in [0.2, 0.25) is 0 Å². The Morgan fingerprint density at radius 3 is 2.46 bits per heavy atom. The van der Waals surface area contributed by atoms with E-state index >= 15 is 0 Å². The van der Waals surface area contributed by atoms with Crippen LogP contribution in [0.15, 0.2) is 114 Å².